The fourth-order valence-electron chi connectivity index (χ4n) is 6.64. The summed E-state index contributed by atoms with van der Waals surface area (Å²) >= 11 is 0. The van der Waals surface area contributed by atoms with Crippen LogP contribution >= 0.6 is 0 Å². The Kier molecular flexibility index (Phi) is 11.7. The van der Waals surface area contributed by atoms with Crippen LogP contribution in [0.25, 0.3) is 11.1 Å². The number of carbonyl (C=O) groups is 1. The topological polar surface area (TPSA) is 127 Å². The summed E-state index contributed by atoms with van der Waals surface area (Å²) in [7, 11) is 0. The van der Waals surface area contributed by atoms with E-state index in [0.717, 1.165) is 71.8 Å². The third-order valence-corrected chi connectivity index (χ3v) is 9.55. The third-order valence-electron chi connectivity index (χ3n) is 9.55. The quantitative estimate of drug-likeness (QED) is 0.0939. The van der Waals surface area contributed by atoms with Crippen molar-refractivity contribution < 1.29 is 29.0 Å². The van der Waals surface area contributed by atoms with E-state index in [-0.39, 0.29) is 42.0 Å². The molecule has 2 fully saturated rings. The molecule has 266 valence electrons. The number of nitro benzene ring substituents is 1. The highest BCUT2D eigenvalue weighted by atomic mass is 16.7. The summed E-state index contributed by atoms with van der Waals surface area (Å²) in [5, 5.41) is 23.5. The Morgan fingerprint density at radius 2 is 1.65 bits per heavy atom. The van der Waals surface area contributed by atoms with Crippen LogP contribution in [0.1, 0.15) is 41.6 Å². The molecule has 0 spiro atoms. The molecule has 4 aromatic carbocycles. The molecule has 2 heterocycles. The lowest BCUT2D eigenvalue weighted by atomic mass is 9.89. The summed E-state index contributed by atoms with van der Waals surface area (Å²) in [4.78, 5) is 27.3. The maximum absolute atomic E-state index is 11.9. The van der Waals surface area contributed by atoms with Gasteiger partial charge in [0.25, 0.3) is 5.69 Å². The van der Waals surface area contributed by atoms with E-state index in [1.54, 1.807) is 12.1 Å². The molecule has 2 aliphatic heterocycles. The maximum atomic E-state index is 11.9. The van der Waals surface area contributed by atoms with Crippen LogP contribution in [0.5, 0.6) is 0 Å². The predicted molar refractivity (Wildman–Crippen MR) is 195 cm³/mol. The molecule has 2 aliphatic rings. The van der Waals surface area contributed by atoms with Crippen molar-refractivity contribution >= 4 is 17.5 Å². The molecular weight excluding hydrogens is 648 g/mol. The molecule has 0 radical (unpaired) electrons. The van der Waals surface area contributed by atoms with Crippen molar-refractivity contribution in [3.63, 3.8) is 0 Å². The first-order chi connectivity index (χ1) is 24.8. The van der Waals surface area contributed by atoms with E-state index >= 15 is 0 Å². The van der Waals surface area contributed by atoms with Crippen LogP contribution in [0.4, 0.5) is 16.2 Å². The zero-order valence-electron chi connectivity index (χ0n) is 28.7. The van der Waals surface area contributed by atoms with Gasteiger partial charge in [0.15, 0.2) is 6.29 Å². The molecule has 0 bridgehead atoms. The van der Waals surface area contributed by atoms with Gasteiger partial charge in [-0.2, -0.15) is 0 Å². The summed E-state index contributed by atoms with van der Waals surface area (Å²) in [5.74, 6) is 0.0412. The Balaban J connectivity index is 1.18. The van der Waals surface area contributed by atoms with Crippen molar-refractivity contribution in [1.82, 2.24) is 10.2 Å². The monoisotopic (exact) mass is 692 g/mol. The molecule has 0 aromatic heterocycles. The predicted octanol–water partition coefficient (Wildman–Crippen LogP) is 6.78. The van der Waals surface area contributed by atoms with Crippen molar-refractivity contribution in [2.24, 2.45) is 5.92 Å². The number of aliphatic hydroxyl groups excluding tert-OH is 1. The summed E-state index contributed by atoms with van der Waals surface area (Å²) in [6.07, 6.45) is 0.0552. The average molecular weight is 693 g/mol. The molecule has 1 amide bonds. The molecule has 11 heteroatoms. The van der Waals surface area contributed by atoms with Crippen LogP contribution in [-0.4, -0.2) is 66.5 Å². The number of carbonyl (C=O) groups excluding carboxylic acids is 1. The third kappa shape index (κ3) is 9.00. The summed E-state index contributed by atoms with van der Waals surface area (Å²) in [6.45, 7) is 10.2. The fraction of sp³-hybridized carbons (Fsp3) is 0.325. The van der Waals surface area contributed by atoms with Gasteiger partial charge in [0.2, 0.25) is 0 Å². The average Bonchev–Trinajstić information content (AvgIpc) is 3.17. The minimum atomic E-state index is -0.612. The molecule has 0 saturated carbocycles. The van der Waals surface area contributed by atoms with E-state index in [0.29, 0.717) is 6.54 Å². The highest BCUT2D eigenvalue weighted by molar-refractivity contribution is 5.68. The van der Waals surface area contributed by atoms with Crippen LogP contribution in [0.2, 0.25) is 0 Å². The van der Waals surface area contributed by atoms with Crippen LogP contribution in [0.15, 0.2) is 110 Å². The van der Waals surface area contributed by atoms with Gasteiger partial charge in [-0.25, -0.2) is 4.79 Å². The molecule has 11 nitrogen and oxygen atoms in total. The number of nitrogens with one attached hydrogen (secondary N) is 1. The van der Waals surface area contributed by atoms with Gasteiger partial charge in [-0.1, -0.05) is 80.2 Å². The maximum Gasteiger partial charge on any atom is 0.407 e. The number of hydrogen-bond donors (Lipinski definition) is 2. The first kappa shape index (κ1) is 35.7. The van der Waals surface area contributed by atoms with Crippen LogP contribution < -0.4 is 10.2 Å². The standard InChI is InChI=1S/C40H44N4O7/c1-3-22-49-40(46)41-25-30-6-4-7-32(23-30)33-8-5-9-34(24-33)39-50-37(28(2)38(51-39)31-12-10-29(27-45)11-13-31)26-42-18-20-43(21-19-42)35-14-16-36(17-15-35)44(47)48/h3-17,23-24,28,37-39,45H,1,18-22,25-27H2,2H3,(H,41,46)/t28-,37+,38+,39+/m1/s1. The van der Waals surface area contributed by atoms with Crippen molar-refractivity contribution in [1.29, 1.82) is 0 Å². The fourth-order valence-corrected chi connectivity index (χ4v) is 6.64. The van der Waals surface area contributed by atoms with Crippen molar-refractivity contribution in [2.75, 3.05) is 44.2 Å². The normalized spacial score (nSPS) is 20.8. The number of anilines is 1. The molecule has 0 unspecified atom stereocenters. The molecule has 4 atom stereocenters. The molecule has 2 N–H and O–H groups in total. The first-order valence-electron chi connectivity index (χ1n) is 17.2. The Hall–Kier alpha value is -5.07. The van der Waals surface area contributed by atoms with E-state index in [4.69, 9.17) is 14.2 Å². The SMILES string of the molecule is C=CCOC(=O)NCc1cccc(-c2cccc([C@H]3O[C@@H](CN4CCN(c5ccc([N+](=O)[O-])cc5)CC4)[C@@H](C)[C@@H](c4ccc(CO)cc4)O3)c2)c1. The Labute approximate surface area is 298 Å². The van der Waals surface area contributed by atoms with E-state index < -0.39 is 12.4 Å². The number of nitro groups is 1. The van der Waals surface area contributed by atoms with Gasteiger partial charge in [-0.3, -0.25) is 15.0 Å². The Bertz CT molecular complexity index is 1790. The molecule has 0 aliphatic carbocycles. The Morgan fingerprint density at radius 1 is 0.941 bits per heavy atom. The number of benzene rings is 4. The molecule has 51 heavy (non-hydrogen) atoms. The summed E-state index contributed by atoms with van der Waals surface area (Å²) in [6, 6.07) is 30.8. The highest BCUT2D eigenvalue weighted by Crippen LogP contribution is 2.42. The summed E-state index contributed by atoms with van der Waals surface area (Å²) < 4.78 is 18.6. The van der Waals surface area contributed by atoms with Crippen molar-refractivity contribution in [3.8, 4) is 11.1 Å². The zero-order valence-corrected chi connectivity index (χ0v) is 28.7. The number of alkyl carbamates (subject to hydrolysis) is 1. The van der Waals surface area contributed by atoms with E-state index in [1.807, 2.05) is 78.9 Å². The molecular formula is C40H44N4O7. The smallest absolute Gasteiger partial charge is 0.407 e. The lowest BCUT2D eigenvalue weighted by molar-refractivity contribution is -0.384. The minimum Gasteiger partial charge on any atom is -0.445 e. The minimum absolute atomic E-state index is 0.0228. The number of nitrogens with zero attached hydrogens (tertiary/aromatic N) is 3. The second kappa shape index (κ2) is 16.8. The van der Waals surface area contributed by atoms with Gasteiger partial charge in [-0.05, 0) is 52.1 Å². The molecule has 6 rings (SSSR count). The second-order valence-corrected chi connectivity index (χ2v) is 12.9. The lowest BCUT2D eigenvalue weighted by Crippen LogP contribution is -2.51. The largest absolute Gasteiger partial charge is 0.445 e. The van der Waals surface area contributed by atoms with Crippen LogP contribution in [-0.2, 0) is 27.4 Å². The lowest BCUT2D eigenvalue weighted by Gasteiger charge is -2.44. The van der Waals surface area contributed by atoms with E-state index in [2.05, 4.69) is 34.7 Å². The number of aliphatic hydroxyl groups is 1. The number of hydrogen-bond acceptors (Lipinski definition) is 9. The van der Waals surface area contributed by atoms with Gasteiger partial charge < -0.3 is 29.5 Å². The Morgan fingerprint density at radius 3 is 2.33 bits per heavy atom. The van der Waals surface area contributed by atoms with Crippen LogP contribution in [0, 0.1) is 16.0 Å². The van der Waals surface area contributed by atoms with Gasteiger partial charge in [0, 0.05) is 68.6 Å². The van der Waals surface area contributed by atoms with Crippen molar-refractivity contribution in [2.45, 2.75) is 38.6 Å². The van der Waals surface area contributed by atoms with E-state index in [9.17, 15) is 20.0 Å². The number of ether oxygens (including phenoxy) is 3. The summed E-state index contributed by atoms with van der Waals surface area (Å²) in [5.41, 5.74) is 6.78. The number of amides is 1. The first-order valence-corrected chi connectivity index (χ1v) is 17.2. The number of rotatable bonds is 12. The van der Waals surface area contributed by atoms with Gasteiger partial charge in [0.05, 0.1) is 23.7 Å². The van der Waals surface area contributed by atoms with Gasteiger partial charge in [0.1, 0.15) is 6.61 Å². The van der Waals surface area contributed by atoms with Crippen molar-refractivity contribution in [3.05, 3.63) is 142 Å². The van der Waals surface area contributed by atoms with E-state index in [1.165, 1.54) is 6.08 Å². The second-order valence-electron chi connectivity index (χ2n) is 12.9. The zero-order chi connectivity index (χ0) is 35.7. The molecule has 4 aromatic rings. The van der Waals surface area contributed by atoms with Gasteiger partial charge >= 0.3 is 6.09 Å². The molecule has 2 saturated heterocycles. The number of non-ortho nitro benzene ring substituents is 1. The van der Waals surface area contributed by atoms with Gasteiger partial charge in [-0.15, -0.1) is 0 Å². The highest BCUT2D eigenvalue weighted by Gasteiger charge is 2.39. The van der Waals surface area contributed by atoms with Crippen LogP contribution in [0.3, 0.4) is 0 Å². The number of piperazine rings is 1.